The Kier molecular flexibility index (Phi) is 16.0. The van der Waals surface area contributed by atoms with Gasteiger partial charge in [0.05, 0.1) is 24.0 Å². The molecule has 0 aliphatic heterocycles. The number of carbonyl (C=O) groups is 2. The first-order valence-electron chi connectivity index (χ1n) is 12.8. The van der Waals surface area contributed by atoms with Crippen LogP contribution in [-0.4, -0.2) is 25.2 Å². The van der Waals surface area contributed by atoms with Gasteiger partial charge in [-0.2, -0.15) is 0 Å². The van der Waals surface area contributed by atoms with Crippen molar-refractivity contribution in [2.24, 2.45) is 10.8 Å². The Balaban J connectivity index is 6.08. The predicted octanol–water partition coefficient (Wildman–Crippen LogP) is 7.63. The van der Waals surface area contributed by atoms with Crippen molar-refractivity contribution in [1.82, 2.24) is 0 Å². The fourth-order valence-corrected chi connectivity index (χ4v) is 5.02. The van der Waals surface area contributed by atoms with E-state index in [0.717, 1.165) is 64.2 Å². The van der Waals surface area contributed by atoms with E-state index in [1.54, 1.807) is 0 Å². The molecule has 0 saturated carbocycles. The van der Waals surface area contributed by atoms with Crippen molar-refractivity contribution in [3.63, 3.8) is 0 Å². The smallest absolute Gasteiger partial charge is 0.313 e. The SMILES string of the molecule is CCCCCOC(=O)C(CCC)(CCC)C(CCC)(CCC)C(=O)OCCCCC. The summed E-state index contributed by atoms with van der Waals surface area (Å²) in [7, 11) is 0. The Morgan fingerprint density at radius 2 is 0.800 bits per heavy atom. The molecule has 178 valence electrons. The standard InChI is InChI=1S/C26H50O4/c1-7-13-15-21-29-23(27)25(17-9-3,18-10-4)26(19-11-5,20-12-6)24(28)30-22-16-14-8-2/h7-22H2,1-6H3. The third kappa shape index (κ3) is 7.89. The molecule has 0 bridgehead atoms. The van der Waals surface area contributed by atoms with Crippen LogP contribution >= 0.6 is 0 Å². The lowest BCUT2D eigenvalue weighted by molar-refractivity contribution is -0.186. The second kappa shape index (κ2) is 16.6. The number of ether oxygens (including phenoxy) is 2. The molecule has 0 amide bonds. The molecule has 0 rings (SSSR count). The van der Waals surface area contributed by atoms with Crippen LogP contribution in [0.25, 0.3) is 0 Å². The zero-order valence-electron chi connectivity index (χ0n) is 20.9. The van der Waals surface area contributed by atoms with E-state index >= 15 is 0 Å². The largest absolute Gasteiger partial charge is 0.465 e. The molecule has 0 saturated heterocycles. The normalized spacial score (nSPS) is 12.1. The lowest BCUT2D eigenvalue weighted by atomic mass is 9.55. The van der Waals surface area contributed by atoms with E-state index in [1.165, 1.54) is 0 Å². The van der Waals surface area contributed by atoms with Crippen LogP contribution in [0.5, 0.6) is 0 Å². The number of rotatable bonds is 19. The zero-order valence-corrected chi connectivity index (χ0v) is 20.9. The van der Waals surface area contributed by atoms with E-state index in [0.29, 0.717) is 38.9 Å². The van der Waals surface area contributed by atoms with Gasteiger partial charge >= 0.3 is 11.9 Å². The number of hydrogen-bond acceptors (Lipinski definition) is 4. The van der Waals surface area contributed by atoms with E-state index in [9.17, 15) is 9.59 Å². The van der Waals surface area contributed by atoms with Crippen molar-refractivity contribution in [3.05, 3.63) is 0 Å². The Bertz CT molecular complexity index is 404. The third-order valence-corrected chi connectivity index (χ3v) is 6.37. The van der Waals surface area contributed by atoms with Gasteiger partial charge in [-0.15, -0.1) is 0 Å². The molecular formula is C26H50O4. The summed E-state index contributed by atoms with van der Waals surface area (Å²) >= 11 is 0. The molecule has 0 atom stereocenters. The maximum atomic E-state index is 13.7. The van der Waals surface area contributed by atoms with Gasteiger partial charge in [-0.05, 0) is 38.5 Å². The molecular weight excluding hydrogens is 376 g/mol. The molecule has 30 heavy (non-hydrogen) atoms. The van der Waals surface area contributed by atoms with Gasteiger partial charge in [0.15, 0.2) is 0 Å². The Morgan fingerprint density at radius 3 is 1.03 bits per heavy atom. The van der Waals surface area contributed by atoms with Gasteiger partial charge in [0.25, 0.3) is 0 Å². The van der Waals surface area contributed by atoms with Gasteiger partial charge in [0.1, 0.15) is 0 Å². The van der Waals surface area contributed by atoms with Crippen LogP contribution in [0, 0.1) is 10.8 Å². The predicted molar refractivity (Wildman–Crippen MR) is 125 cm³/mol. The summed E-state index contributed by atoms with van der Waals surface area (Å²) < 4.78 is 11.7. The van der Waals surface area contributed by atoms with Crippen molar-refractivity contribution in [1.29, 1.82) is 0 Å². The highest BCUT2D eigenvalue weighted by molar-refractivity contribution is 5.88. The summed E-state index contributed by atoms with van der Waals surface area (Å²) in [6.45, 7) is 13.6. The molecule has 0 aromatic rings. The van der Waals surface area contributed by atoms with Crippen molar-refractivity contribution >= 4 is 11.9 Å². The molecule has 4 nitrogen and oxygen atoms in total. The van der Waals surface area contributed by atoms with Crippen LogP contribution in [0.4, 0.5) is 0 Å². The first-order valence-corrected chi connectivity index (χ1v) is 12.8. The second-order valence-electron chi connectivity index (χ2n) is 8.85. The molecule has 0 spiro atoms. The summed E-state index contributed by atoms with van der Waals surface area (Å²) in [6, 6.07) is 0. The maximum absolute atomic E-state index is 13.7. The Hall–Kier alpha value is -1.06. The molecule has 0 heterocycles. The molecule has 0 radical (unpaired) electrons. The number of carbonyl (C=O) groups excluding carboxylic acids is 2. The quantitative estimate of drug-likeness (QED) is 0.157. The number of hydrogen-bond donors (Lipinski definition) is 0. The second-order valence-corrected chi connectivity index (χ2v) is 8.85. The summed E-state index contributed by atoms with van der Waals surface area (Å²) in [5.74, 6) is -0.343. The number of unbranched alkanes of at least 4 members (excludes halogenated alkanes) is 4. The van der Waals surface area contributed by atoms with Crippen molar-refractivity contribution in [3.8, 4) is 0 Å². The van der Waals surface area contributed by atoms with Crippen molar-refractivity contribution < 1.29 is 19.1 Å². The Morgan fingerprint density at radius 1 is 0.500 bits per heavy atom. The summed E-state index contributed by atoms with van der Waals surface area (Å²) in [4.78, 5) is 27.3. The van der Waals surface area contributed by atoms with Crippen LogP contribution in [0.3, 0.4) is 0 Å². The molecule has 0 fully saturated rings. The summed E-state index contributed by atoms with van der Waals surface area (Å²) in [5, 5.41) is 0. The van der Waals surface area contributed by atoms with Crippen molar-refractivity contribution in [2.75, 3.05) is 13.2 Å². The average molecular weight is 427 g/mol. The molecule has 0 aromatic carbocycles. The van der Waals surface area contributed by atoms with Gasteiger partial charge in [-0.3, -0.25) is 9.59 Å². The summed E-state index contributed by atoms with van der Waals surface area (Å²) in [6.07, 6.45) is 12.2. The minimum absolute atomic E-state index is 0.172. The minimum Gasteiger partial charge on any atom is -0.465 e. The topological polar surface area (TPSA) is 52.6 Å². The van der Waals surface area contributed by atoms with Gasteiger partial charge in [0.2, 0.25) is 0 Å². The van der Waals surface area contributed by atoms with Gasteiger partial charge < -0.3 is 9.47 Å². The Labute approximate surface area is 186 Å². The van der Waals surface area contributed by atoms with Gasteiger partial charge in [0, 0.05) is 0 Å². The molecule has 0 N–H and O–H groups in total. The van der Waals surface area contributed by atoms with Crippen LogP contribution in [0.2, 0.25) is 0 Å². The van der Waals surface area contributed by atoms with Crippen LogP contribution in [-0.2, 0) is 19.1 Å². The van der Waals surface area contributed by atoms with E-state index in [-0.39, 0.29) is 11.9 Å². The van der Waals surface area contributed by atoms with Crippen LogP contribution in [0.1, 0.15) is 131 Å². The fourth-order valence-electron chi connectivity index (χ4n) is 5.02. The first kappa shape index (κ1) is 28.9. The van der Waals surface area contributed by atoms with E-state index < -0.39 is 10.8 Å². The van der Waals surface area contributed by atoms with Crippen molar-refractivity contribution in [2.45, 2.75) is 131 Å². The average Bonchev–Trinajstić information content (AvgIpc) is 2.73. The number of esters is 2. The lowest BCUT2D eigenvalue weighted by Gasteiger charge is -2.47. The van der Waals surface area contributed by atoms with Crippen LogP contribution < -0.4 is 0 Å². The highest BCUT2D eigenvalue weighted by Crippen LogP contribution is 2.54. The zero-order chi connectivity index (χ0) is 22.9. The highest BCUT2D eigenvalue weighted by Gasteiger charge is 2.60. The third-order valence-electron chi connectivity index (χ3n) is 6.37. The molecule has 0 aromatic heterocycles. The molecule has 0 unspecified atom stereocenters. The first-order chi connectivity index (χ1) is 14.5. The summed E-state index contributed by atoms with van der Waals surface area (Å²) in [5.41, 5.74) is -1.59. The molecule has 4 heteroatoms. The monoisotopic (exact) mass is 426 g/mol. The fraction of sp³-hybridized carbons (Fsp3) is 0.923. The van der Waals surface area contributed by atoms with E-state index in [2.05, 4.69) is 41.5 Å². The minimum atomic E-state index is -0.795. The maximum Gasteiger partial charge on any atom is 0.313 e. The molecule has 0 aliphatic rings. The highest BCUT2D eigenvalue weighted by atomic mass is 16.5. The van der Waals surface area contributed by atoms with Crippen LogP contribution in [0.15, 0.2) is 0 Å². The lowest BCUT2D eigenvalue weighted by Crippen LogP contribution is -2.54. The van der Waals surface area contributed by atoms with E-state index in [1.807, 2.05) is 0 Å². The van der Waals surface area contributed by atoms with Gasteiger partial charge in [-0.1, -0.05) is 92.9 Å². The van der Waals surface area contributed by atoms with E-state index in [4.69, 9.17) is 9.47 Å². The van der Waals surface area contributed by atoms with Gasteiger partial charge in [-0.25, -0.2) is 0 Å². The molecule has 0 aliphatic carbocycles.